The zero-order valence-electron chi connectivity index (χ0n) is 17.1. The lowest BCUT2D eigenvalue weighted by molar-refractivity contribution is 0.153. The summed E-state index contributed by atoms with van der Waals surface area (Å²) in [5, 5.41) is 3.10. The lowest BCUT2D eigenvalue weighted by Crippen LogP contribution is -2.50. The number of nitrogens with zero attached hydrogens (tertiary/aromatic N) is 3. The molecule has 2 aromatic rings. The summed E-state index contributed by atoms with van der Waals surface area (Å²) in [6.45, 7) is 3.06. The molecule has 6 nitrogen and oxygen atoms in total. The van der Waals surface area contributed by atoms with Crippen LogP contribution in [0.4, 0.5) is 4.79 Å². The number of nitrogens with one attached hydrogen (secondary N) is 1. The van der Waals surface area contributed by atoms with Crippen LogP contribution in [-0.2, 0) is 13.1 Å². The van der Waals surface area contributed by atoms with E-state index >= 15 is 0 Å². The van der Waals surface area contributed by atoms with Crippen LogP contribution in [0.2, 0.25) is 0 Å². The normalized spacial score (nSPS) is 22.2. The Morgan fingerprint density at radius 2 is 1.72 bits per heavy atom. The third-order valence-electron chi connectivity index (χ3n) is 6.30. The molecule has 1 N–H and O–H groups in total. The molecule has 2 aliphatic heterocycles. The first-order chi connectivity index (χ1) is 14.1. The number of benzene rings is 1. The Morgan fingerprint density at radius 1 is 1.00 bits per heavy atom. The summed E-state index contributed by atoms with van der Waals surface area (Å²) in [4.78, 5) is 29.1. The molecule has 0 radical (unpaired) electrons. The van der Waals surface area contributed by atoms with Crippen molar-refractivity contribution in [1.82, 2.24) is 19.7 Å². The van der Waals surface area contributed by atoms with Crippen LogP contribution in [0, 0.1) is 0 Å². The van der Waals surface area contributed by atoms with Gasteiger partial charge in [-0.15, -0.1) is 0 Å². The minimum absolute atomic E-state index is 0.00286. The topological polar surface area (TPSA) is 57.6 Å². The Bertz CT molecular complexity index is 892. The van der Waals surface area contributed by atoms with E-state index in [2.05, 4.69) is 17.3 Å². The summed E-state index contributed by atoms with van der Waals surface area (Å²) in [6, 6.07) is 14.2. The van der Waals surface area contributed by atoms with Gasteiger partial charge in [-0.25, -0.2) is 4.79 Å². The van der Waals surface area contributed by atoms with Gasteiger partial charge in [0.25, 0.3) is 5.56 Å². The lowest BCUT2D eigenvalue weighted by atomic mass is 10.0. The fourth-order valence-corrected chi connectivity index (χ4v) is 4.70. The Labute approximate surface area is 172 Å². The standard InChI is InChI=1S/C23H30N4O2/c1-25-13-4-6-20(25)21-7-5-15-27(21)23(29)24-16-18-9-11-19(12-10-18)17-26-14-3-2-8-22(26)28/h2-3,8-12,14,20-21H,4-7,13,15-17H2,1H3,(H,24,29). The number of carbonyl (C=O) groups excluding carboxylic acids is 1. The summed E-state index contributed by atoms with van der Waals surface area (Å²) in [6.07, 6.45) is 6.42. The van der Waals surface area contributed by atoms with Crippen molar-refractivity contribution in [2.45, 2.75) is 50.9 Å². The van der Waals surface area contributed by atoms with Crippen LogP contribution < -0.4 is 10.9 Å². The Balaban J connectivity index is 1.32. The first-order valence-electron chi connectivity index (χ1n) is 10.6. The average molecular weight is 395 g/mol. The molecular weight excluding hydrogens is 364 g/mol. The molecule has 2 unspecified atom stereocenters. The van der Waals surface area contributed by atoms with Gasteiger partial charge in [-0.3, -0.25) is 4.79 Å². The van der Waals surface area contributed by atoms with Crippen molar-refractivity contribution < 1.29 is 4.79 Å². The maximum atomic E-state index is 12.8. The maximum Gasteiger partial charge on any atom is 0.317 e. The SMILES string of the molecule is CN1CCCC1C1CCCN1C(=O)NCc1ccc(Cn2ccccc2=O)cc1. The number of urea groups is 1. The van der Waals surface area contributed by atoms with Gasteiger partial charge in [0.05, 0.1) is 6.54 Å². The van der Waals surface area contributed by atoms with Crippen molar-refractivity contribution in [3.05, 3.63) is 70.1 Å². The van der Waals surface area contributed by atoms with Crippen molar-refractivity contribution in [3.8, 4) is 0 Å². The van der Waals surface area contributed by atoms with Gasteiger partial charge in [-0.1, -0.05) is 30.3 Å². The van der Waals surface area contributed by atoms with Crippen LogP contribution in [0.15, 0.2) is 53.5 Å². The van der Waals surface area contributed by atoms with E-state index in [0.717, 1.165) is 37.1 Å². The van der Waals surface area contributed by atoms with Gasteiger partial charge in [-0.05, 0) is 56.5 Å². The zero-order chi connectivity index (χ0) is 20.2. The highest BCUT2D eigenvalue weighted by atomic mass is 16.2. The summed E-state index contributed by atoms with van der Waals surface area (Å²) in [5.74, 6) is 0. The van der Waals surface area contributed by atoms with Gasteiger partial charge in [0.2, 0.25) is 0 Å². The van der Waals surface area contributed by atoms with Crippen LogP contribution in [-0.4, -0.2) is 52.6 Å². The predicted molar refractivity (Wildman–Crippen MR) is 114 cm³/mol. The van der Waals surface area contributed by atoms with Gasteiger partial charge in [0, 0.05) is 37.4 Å². The zero-order valence-corrected chi connectivity index (χ0v) is 17.1. The van der Waals surface area contributed by atoms with E-state index in [0.29, 0.717) is 25.2 Å². The Morgan fingerprint density at radius 3 is 2.45 bits per heavy atom. The minimum atomic E-state index is -0.00286. The number of amides is 2. The van der Waals surface area contributed by atoms with E-state index in [1.807, 2.05) is 35.2 Å². The van der Waals surface area contributed by atoms with E-state index in [1.165, 1.54) is 12.8 Å². The molecule has 2 fully saturated rings. The molecule has 2 atom stereocenters. The fraction of sp³-hybridized carbons (Fsp3) is 0.478. The second-order valence-corrected chi connectivity index (χ2v) is 8.24. The van der Waals surface area contributed by atoms with E-state index in [-0.39, 0.29) is 11.6 Å². The first-order valence-corrected chi connectivity index (χ1v) is 10.6. The largest absolute Gasteiger partial charge is 0.334 e. The maximum absolute atomic E-state index is 12.8. The number of rotatable bonds is 5. The third kappa shape index (κ3) is 4.53. The van der Waals surface area contributed by atoms with Crippen molar-refractivity contribution in [2.24, 2.45) is 0 Å². The molecule has 3 heterocycles. The first kappa shape index (κ1) is 19.7. The van der Waals surface area contributed by atoms with Gasteiger partial charge in [0.15, 0.2) is 0 Å². The molecule has 2 aliphatic rings. The molecular formula is C23H30N4O2. The molecule has 2 saturated heterocycles. The number of likely N-dealkylation sites (tertiary alicyclic amines) is 2. The van der Waals surface area contributed by atoms with E-state index in [1.54, 1.807) is 22.9 Å². The summed E-state index contributed by atoms with van der Waals surface area (Å²) in [7, 11) is 2.18. The molecule has 0 spiro atoms. The Kier molecular flexibility index (Phi) is 6.00. The second kappa shape index (κ2) is 8.82. The second-order valence-electron chi connectivity index (χ2n) is 8.24. The number of carbonyl (C=O) groups is 1. The van der Waals surface area contributed by atoms with E-state index in [4.69, 9.17) is 0 Å². The highest BCUT2D eigenvalue weighted by Crippen LogP contribution is 2.29. The monoisotopic (exact) mass is 394 g/mol. The van der Waals surface area contributed by atoms with Crippen molar-refractivity contribution in [3.63, 3.8) is 0 Å². The number of pyridine rings is 1. The molecule has 1 aromatic heterocycles. The minimum Gasteiger partial charge on any atom is -0.334 e. The molecule has 154 valence electrons. The molecule has 1 aromatic carbocycles. The van der Waals surface area contributed by atoms with Crippen LogP contribution in [0.1, 0.15) is 36.8 Å². The highest BCUT2D eigenvalue weighted by molar-refractivity contribution is 5.75. The molecule has 0 saturated carbocycles. The van der Waals surface area contributed by atoms with Gasteiger partial charge < -0.3 is 19.7 Å². The van der Waals surface area contributed by atoms with Crippen LogP contribution in [0.3, 0.4) is 0 Å². The third-order valence-corrected chi connectivity index (χ3v) is 6.30. The van der Waals surface area contributed by atoms with Crippen molar-refractivity contribution in [1.29, 1.82) is 0 Å². The average Bonchev–Trinajstić information content (AvgIpc) is 3.37. The number of hydrogen-bond acceptors (Lipinski definition) is 3. The molecule has 4 rings (SSSR count). The summed E-state index contributed by atoms with van der Waals surface area (Å²) >= 11 is 0. The van der Waals surface area contributed by atoms with Crippen LogP contribution in [0.25, 0.3) is 0 Å². The van der Waals surface area contributed by atoms with Gasteiger partial charge >= 0.3 is 6.03 Å². The van der Waals surface area contributed by atoms with Crippen molar-refractivity contribution in [2.75, 3.05) is 20.1 Å². The van der Waals surface area contributed by atoms with E-state index in [9.17, 15) is 9.59 Å². The Hall–Kier alpha value is -2.60. The van der Waals surface area contributed by atoms with Crippen LogP contribution in [0.5, 0.6) is 0 Å². The molecule has 29 heavy (non-hydrogen) atoms. The fourth-order valence-electron chi connectivity index (χ4n) is 4.70. The quantitative estimate of drug-likeness (QED) is 0.848. The molecule has 0 bridgehead atoms. The highest BCUT2D eigenvalue weighted by Gasteiger charge is 2.38. The number of likely N-dealkylation sites (N-methyl/N-ethyl adjacent to an activating group) is 1. The summed E-state index contributed by atoms with van der Waals surface area (Å²) < 4.78 is 1.68. The molecule has 6 heteroatoms. The van der Waals surface area contributed by atoms with Crippen molar-refractivity contribution >= 4 is 6.03 Å². The number of hydrogen-bond donors (Lipinski definition) is 1. The van der Waals surface area contributed by atoms with Gasteiger partial charge in [0.1, 0.15) is 0 Å². The smallest absolute Gasteiger partial charge is 0.317 e. The van der Waals surface area contributed by atoms with E-state index < -0.39 is 0 Å². The lowest BCUT2D eigenvalue weighted by Gasteiger charge is -2.33. The summed E-state index contributed by atoms with van der Waals surface area (Å²) in [5.41, 5.74) is 2.13. The number of aromatic nitrogens is 1. The molecule has 2 amide bonds. The predicted octanol–water partition coefficient (Wildman–Crippen LogP) is 2.66. The van der Waals surface area contributed by atoms with Crippen LogP contribution >= 0.6 is 0 Å². The molecule has 0 aliphatic carbocycles. The van der Waals surface area contributed by atoms with Gasteiger partial charge in [-0.2, -0.15) is 0 Å².